The van der Waals surface area contributed by atoms with Gasteiger partial charge in [0.05, 0.1) is 28.8 Å². The minimum atomic E-state index is -1.83. The van der Waals surface area contributed by atoms with E-state index in [1.807, 2.05) is 23.7 Å². The van der Waals surface area contributed by atoms with Gasteiger partial charge in [-0.1, -0.05) is 69.6 Å². The first-order valence-electron chi connectivity index (χ1n) is 13.4. The van der Waals surface area contributed by atoms with Gasteiger partial charge in [-0.05, 0) is 48.0 Å². The highest BCUT2D eigenvalue weighted by Crippen LogP contribution is 2.37. The molecular weight excluding hydrogens is 515 g/mol. The second-order valence-electron chi connectivity index (χ2n) is 12.5. The number of nitrogens with zero attached hydrogens (tertiary/aromatic N) is 3. The number of pyridine rings is 1. The van der Waals surface area contributed by atoms with Crippen LogP contribution in [0.2, 0.25) is 39.3 Å². The van der Waals surface area contributed by atoms with Crippen molar-refractivity contribution in [2.24, 2.45) is 7.05 Å². The summed E-state index contributed by atoms with van der Waals surface area (Å²) in [6.45, 7) is 17.3. The van der Waals surface area contributed by atoms with Gasteiger partial charge < -0.3 is 0 Å². The zero-order valence-corrected chi connectivity index (χ0v) is 26.5. The molecule has 0 amide bonds. The van der Waals surface area contributed by atoms with Crippen molar-refractivity contribution in [1.82, 2.24) is 9.55 Å². The Bertz CT molecular complexity index is 1870. The number of para-hydroxylation sites is 2. The van der Waals surface area contributed by atoms with Crippen LogP contribution in [0.3, 0.4) is 0 Å². The lowest BCUT2D eigenvalue weighted by atomic mass is 10.1. The average Bonchev–Trinajstić information content (AvgIpc) is 3.37. The van der Waals surface area contributed by atoms with Crippen LogP contribution in [0.4, 0.5) is 0 Å². The first kappa shape index (κ1) is 25.2. The van der Waals surface area contributed by atoms with E-state index in [9.17, 15) is 0 Å². The predicted molar refractivity (Wildman–Crippen MR) is 171 cm³/mol. The molecule has 0 saturated heterocycles. The van der Waals surface area contributed by atoms with E-state index < -0.39 is 16.1 Å². The maximum Gasteiger partial charge on any atom is 0.296 e. The van der Waals surface area contributed by atoms with Gasteiger partial charge in [0, 0.05) is 37.8 Å². The molecule has 3 aromatic carbocycles. The maximum absolute atomic E-state index is 4.58. The van der Waals surface area contributed by atoms with Crippen LogP contribution in [0.25, 0.3) is 48.3 Å². The summed E-state index contributed by atoms with van der Waals surface area (Å²) in [6, 6.07) is 22.5. The number of fused-ring (bicyclic) bond motifs is 4. The van der Waals surface area contributed by atoms with Crippen LogP contribution in [-0.4, -0.2) is 25.7 Å². The molecule has 6 rings (SSSR count). The van der Waals surface area contributed by atoms with Crippen LogP contribution in [0.5, 0.6) is 0 Å². The molecule has 0 radical (unpaired) electrons. The molecule has 3 nitrogen and oxygen atoms in total. The molecule has 192 valence electrons. The van der Waals surface area contributed by atoms with Crippen LogP contribution >= 0.6 is 11.3 Å². The fourth-order valence-corrected chi connectivity index (χ4v) is 11.5. The summed E-state index contributed by atoms with van der Waals surface area (Å²) < 4.78 is 7.82. The highest BCUT2D eigenvalue weighted by Gasteiger charge is 2.38. The number of aromatic nitrogens is 3. The van der Waals surface area contributed by atoms with E-state index in [0.29, 0.717) is 0 Å². The molecule has 0 aliphatic carbocycles. The molecule has 0 bridgehead atoms. The molecule has 3 heterocycles. The molecule has 6 heteroatoms. The van der Waals surface area contributed by atoms with E-state index in [1.54, 1.807) is 5.19 Å². The van der Waals surface area contributed by atoms with Gasteiger partial charge in [-0.15, -0.1) is 11.3 Å². The van der Waals surface area contributed by atoms with Gasteiger partial charge in [-0.3, -0.25) is 4.98 Å². The van der Waals surface area contributed by atoms with Gasteiger partial charge in [0.2, 0.25) is 0 Å². The monoisotopic (exact) mass is 550 g/mol. The summed E-state index contributed by atoms with van der Waals surface area (Å²) in [4.78, 5) is 4.58. The second kappa shape index (κ2) is 8.73. The summed E-state index contributed by atoms with van der Waals surface area (Å²) in [5.74, 6) is 1.20. The Hall–Kier alpha value is -3.07. The van der Waals surface area contributed by atoms with E-state index in [4.69, 9.17) is 0 Å². The molecule has 0 N–H and O–H groups in total. The van der Waals surface area contributed by atoms with Crippen LogP contribution in [-0.2, 0) is 7.05 Å². The molecule has 0 spiro atoms. The lowest BCUT2D eigenvalue weighted by molar-refractivity contribution is -0.633. The third kappa shape index (κ3) is 3.81. The van der Waals surface area contributed by atoms with Crippen LogP contribution in [0, 0.1) is 6.92 Å². The summed E-state index contributed by atoms with van der Waals surface area (Å²) in [5, 5.41) is 5.95. The molecule has 0 aliphatic heterocycles. The lowest BCUT2D eigenvalue weighted by Crippen LogP contribution is -2.49. The number of hydrogen-bond acceptors (Lipinski definition) is 2. The molecule has 0 saturated carbocycles. The van der Waals surface area contributed by atoms with Crippen molar-refractivity contribution >= 4 is 69.1 Å². The van der Waals surface area contributed by atoms with E-state index in [2.05, 4.69) is 128 Å². The summed E-state index contributed by atoms with van der Waals surface area (Å²) in [7, 11) is -1.40. The van der Waals surface area contributed by atoms with Crippen LogP contribution in [0.1, 0.15) is 5.56 Å². The highest BCUT2D eigenvalue weighted by atomic mass is 32.1. The van der Waals surface area contributed by atoms with Gasteiger partial charge in [0.1, 0.15) is 5.69 Å². The first-order valence-corrected chi connectivity index (χ1v) is 21.2. The van der Waals surface area contributed by atoms with Crippen molar-refractivity contribution in [2.45, 2.75) is 46.2 Å². The van der Waals surface area contributed by atoms with Crippen molar-refractivity contribution in [3.05, 3.63) is 78.6 Å². The molecule has 0 fully saturated rings. The van der Waals surface area contributed by atoms with Crippen molar-refractivity contribution in [1.29, 1.82) is 0 Å². The third-order valence-electron chi connectivity index (χ3n) is 7.72. The Morgan fingerprint density at radius 2 is 1.55 bits per heavy atom. The number of aryl methyl sites for hydroxylation is 2. The molecule has 6 aromatic rings. The lowest BCUT2D eigenvalue weighted by Gasteiger charge is -2.28. The minimum Gasteiger partial charge on any atom is -0.264 e. The van der Waals surface area contributed by atoms with E-state index in [1.165, 1.54) is 59.0 Å². The quantitative estimate of drug-likeness (QED) is 0.167. The number of hydrogen-bond donors (Lipinski definition) is 0. The summed E-state index contributed by atoms with van der Waals surface area (Å²) in [5.41, 5.74) is 6.35. The van der Waals surface area contributed by atoms with Crippen molar-refractivity contribution in [3.8, 4) is 17.1 Å². The van der Waals surface area contributed by atoms with E-state index in [0.717, 1.165) is 0 Å². The van der Waals surface area contributed by atoms with Crippen molar-refractivity contribution in [3.63, 3.8) is 0 Å². The molecule has 0 unspecified atom stereocenters. The Morgan fingerprint density at radius 3 is 2.26 bits per heavy atom. The maximum atomic E-state index is 4.58. The van der Waals surface area contributed by atoms with Gasteiger partial charge in [-0.25, -0.2) is 4.57 Å². The number of rotatable bonds is 4. The normalized spacial score (nSPS) is 12.7. The summed E-state index contributed by atoms with van der Waals surface area (Å²) >= 11 is 1.98. The predicted octanol–water partition coefficient (Wildman–Crippen LogP) is 7.28. The summed E-state index contributed by atoms with van der Waals surface area (Å²) in [6.07, 6.45) is 3.94. The van der Waals surface area contributed by atoms with Crippen molar-refractivity contribution in [2.75, 3.05) is 0 Å². The van der Waals surface area contributed by atoms with Gasteiger partial charge >= 0.3 is 0 Å². The Morgan fingerprint density at radius 1 is 0.842 bits per heavy atom. The zero-order chi connectivity index (χ0) is 27.0. The highest BCUT2D eigenvalue weighted by molar-refractivity contribution is 7.27. The number of imidazole rings is 1. The first-order chi connectivity index (χ1) is 18.0. The van der Waals surface area contributed by atoms with Gasteiger partial charge in [0.15, 0.2) is 11.0 Å². The third-order valence-corrected chi connectivity index (χ3v) is 13.1. The van der Waals surface area contributed by atoms with Gasteiger partial charge in [0.25, 0.3) is 5.82 Å². The van der Waals surface area contributed by atoms with E-state index >= 15 is 0 Å². The van der Waals surface area contributed by atoms with Crippen LogP contribution in [0.15, 0.2) is 73.1 Å². The van der Waals surface area contributed by atoms with Crippen molar-refractivity contribution < 1.29 is 4.57 Å². The smallest absolute Gasteiger partial charge is 0.264 e. The molecular formula is C32H36N3SSi2+. The second-order valence-corrected chi connectivity index (χ2v) is 23.6. The standard InChI is InChI=1S/C32H36N3SSi2/c1-21-17-18-33-20-24(21)32-34(2)25-14-10-11-15-26(25)35(32)29-28(37(3,4)5)19-23-22-13-9-12-16-27(22)36-30(23)31(29)38(6,7)8/h9-20H,1-8H3/q+1. The Labute approximate surface area is 231 Å². The SMILES string of the molecule is Cc1ccncc1-c1n(-c2c([Si](C)(C)C)cc3c(sc4ccccc43)c2[Si](C)(C)C)c2ccccc2[n+]1C. The molecule has 38 heavy (non-hydrogen) atoms. The van der Waals surface area contributed by atoms with E-state index in [-0.39, 0.29) is 0 Å². The number of thiophene rings is 1. The number of benzene rings is 3. The average molecular weight is 551 g/mol. The molecule has 3 aromatic heterocycles. The fourth-order valence-electron chi connectivity index (χ4n) is 5.89. The Balaban J connectivity index is 1.91. The molecule has 0 aliphatic rings. The minimum absolute atomic E-state index is 1.19. The fraction of sp³-hybridized carbons (Fsp3) is 0.250. The Kier molecular flexibility index (Phi) is 5.79. The largest absolute Gasteiger partial charge is 0.296 e. The topological polar surface area (TPSA) is 21.7 Å². The van der Waals surface area contributed by atoms with Gasteiger partial charge in [-0.2, -0.15) is 4.57 Å². The molecule has 0 atom stereocenters. The zero-order valence-electron chi connectivity index (χ0n) is 23.7. The van der Waals surface area contributed by atoms with Crippen LogP contribution < -0.4 is 14.9 Å².